The maximum atomic E-state index is 11.0. The highest BCUT2D eigenvalue weighted by atomic mass is 35.5. The van der Waals surface area contributed by atoms with Crippen LogP contribution in [0.3, 0.4) is 0 Å². The van der Waals surface area contributed by atoms with Gasteiger partial charge < -0.3 is 5.73 Å². The molecular formula is C9H10ClN7O4S. The Hall–Kier alpha value is -2.31. The number of non-ortho nitro benzene ring substituents is 1. The fraction of sp³-hybridized carbons (Fsp3) is 0.222. The second kappa shape index (κ2) is 7.63. The van der Waals surface area contributed by atoms with Gasteiger partial charge in [-0.25, -0.2) is 4.68 Å². The predicted octanol–water partition coefficient (Wildman–Crippen LogP) is 1.02. The Bertz CT molecular complexity index is 694. The smallest absolute Gasteiger partial charge is 0.290 e. The van der Waals surface area contributed by atoms with Gasteiger partial charge in [-0.15, -0.1) is 17.5 Å². The van der Waals surface area contributed by atoms with E-state index in [0.717, 1.165) is 17.8 Å². The molecule has 0 spiro atoms. The number of nitro groups is 2. The van der Waals surface area contributed by atoms with Crippen molar-refractivity contribution >= 4 is 35.5 Å². The Kier molecular flexibility index (Phi) is 6.15. The number of hydrogen-bond acceptors (Lipinski definition) is 9. The molecule has 0 aliphatic heterocycles. The number of halogens is 1. The first-order valence-electron chi connectivity index (χ1n) is 5.60. The monoisotopic (exact) mass is 347 g/mol. The molecule has 2 aromatic rings. The summed E-state index contributed by atoms with van der Waals surface area (Å²) in [4.78, 5) is 20.5. The lowest BCUT2D eigenvalue weighted by Gasteiger charge is -2.03. The summed E-state index contributed by atoms with van der Waals surface area (Å²) >= 11 is 0.943. The highest BCUT2D eigenvalue weighted by molar-refractivity contribution is 7.99. The van der Waals surface area contributed by atoms with Crippen molar-refractivity contribution < 1.29 is 9.85 Å². The summed E-state index contributed by atoms with van der Waals surface area (Å²) in [5, 5.41) is 32.9. The molecule has 0 bridgehead atoms. The first kappa shape index (κ1) is 17.7. The molecule has 1 aromatic heterocycles. The molecule has 1 heterocycles. The average Bonchev–Trinajstić information content (AvgIpc) is 2.86. The van der Waals surface area contributed by atoms with E-state index in [2.05, 4.69) is 15.5 Å². The van der Waals surface area contributed by atoms with Crippen LogP contribution in [-0.4, -0.2) is 36.6 Å². The number of nitro benzene ring substituents is 2. The molecule has 2 N–H and O–H groups in total. The van der Waals surface area contributed by atoms with Crippen molar-refractivity contribution in [2.75, 3.05) is 6.54 Å². The second-order valence-corrected chi connectivity index (χ2v) is 4.75. The Balaban J connectivity index is 0.00000242. The van der Waals surface area contributed by atoms with E-state index >= 15 is 0 Å². The van der Waals surface area contributed by atoms with Gasteiger partial charge in [0.1, 0.15) is 0 Å². The summed E-state index contributed by atoms with van der Waals surface area (Å²) in [6.45, 7) is 0.664. The van der Waals surface area contributed by atoms with E-state index in [0.29, 0.717) is 18.2 Å². The maximum absolute atomic E-state index is 11.0. The van der Waals surface area contributed by atoms with Crippen LogP contribution in [0.25, 0.3) is 0 Å². The summed E-state index contributed by atoms with van der Waals surface area (Å²) in [6, 6.07) is 3.38. The van der Waals surface area contributed by atoms with Gasteiger partial charge in [-0.1, -0.05) is 0 Å². The van der Waals surface area contributed by atoms with E-state index < -0.39 is 9.85 Å². The highest BCUT2D eigenvalue weighted by Gasteiger charge is 2.22. The standard InChI is InChI=1S/C9H9N7O4S.ClH/c10-3-4-14-9(11-12-13-14)21-8-2-1-6(15(17)18)5-7(8)16(19)20;/h1-2,5H,3-4,10H2;1H. The Morgan fingerprint density at radius 1 is 1.27 bits per heavy atom. The fourth-order valence-electron chi connectivity index (χ4n) is 1.48. The molecule has 2 rings (SSSR count). The van der Waals surface area contributed by atoms with Crippen molar-refractivity contribution in [1.82, 2.24) is 20.2 Å². The normalized spacial score (nSPS) is 10.0. The maximum Gasteiger partial charge on any atom is 0.290 e. The van der Waals surface area contributed by atoms with Crippen LogP contribution >= 0.6 is 24.2 Å². The minimum absolute atomic E-state index is 0. The molecule has 1 aromatic carbocycles. The number of tetrazole rings is 1. The van der Waals surface area contributed by atoms with Crippen molar-refractivity contribution in [3.8, 4) is 0 Å². The molecule has 22 heavy (non-hydrogen) atoms. The largest absolute Gasteiger partial charge is 0.329 e. The van der Waals surface area contributed by atoms with Crippen LogP contribution in [0.4, 0.5) is 11.4 Å². The zero-order chi connectivity index (χ0) is 15.4. The van der Waals surface area contributed by atoms with Crippen molar-refractivity contribution in [2.45, 2.75) is 16.6 Å². The summed E-state index contributed by atoms with van der Waals surface area (Å²) in [5.41, 5.74) is 4.67. The first-order chi connectivity index (χ1) is 10.0. The van der Waals surface area contributed by atoms with Gasteiger partial charge in [0.2, 0.25) is 5.16 Å². The van der Waals surface area contributed by atoms with Crippen LogP contribution in [0, 0.1) is 20.2 Å². The van der Waals surface area contributed by atoms with E-state index in [1.54, 1.807) is 0 Å². The number of aromatic nitrogens is 4. The molecule has 0 fully saturated rings. The number of nitrogens with two attached hydrogens (primary N) is 1. The summed E-state index contributed by atoms with van der Waals surface area (Å²) in [7, 11) is 0. The van der Waals surface area contributed by atoms with Crippen molar-refractivity contribution in [2.24, 2.45) is 5.73 Å². The van der Waals surface area contributed by atoms with Gasteiger partial charge in [0.25, 0.3) is 11.4 Å². The first-order valence-corrected chi connectivity index (χ1v) is 6.41. The van der Waals surface area contributed by atoms with Gasteiger partial charge in [0, 0.05) is 12.6 Å². The quantitative estimate of drug-likeness (QED) is 0.595. The second-order valence-electron chi connectivity index (χ2n) is 3.74. The van der Waals surface area contributed by atoms with E-state index in [1.807, 2.05) is 0 Å². The van der Waals surface area contributed by atoms with Crippen LogP contribution < -0.4 is 5.73 Å². The lowest BCUT2D eigenvalue weighted by atomic mass is 10.3. The molecule has 0 aliphatic carbocycles. The zero-order valence-electron chi connectivity index (χ0n) is 10.9. The molecule has 0 saturated carbocycles. The third-order valence-electron chi connectivity index (χ3n) is 2.39. The Labute approximate surface area is 133 Å². The van der Waals surface area contributed by atoms with Crippen molar-refractivity contribution in [3.05, 3.63) is 38.4 Å². The average molecular weight is 348 g/mol. The molecule has 0 saturated heterocycles. The molecule has 0 unspecified atom stereocenters. The number of nitrogens with zero attached hydrogens (tertiary/aromatic N) is 6. The number of rotatable bonds is 6. The third kappa shape index (κ3) is 3.87. The van der Waals surface area contributed by atoms with E-state index in [1.165, 1.54) is 16.8 Å². The Morgan fingerprint density at radius 3 is 2.59 bits per heavy atom. The molecule has 0 aliphatic rings. The molecule has 13 heteroatoms. The van der Waals surface area contributed by atoms with Crippen molar-refractivity contribution in [1.29, 1.82) is 0 Å². The minimum Gasteiger partial charge on any atom is -0.329 e. The van der Waals surface area contributed by atoms with Gasteiger partial charge in [-0.2, -0.15) is 0 Å². The number of benzene rings is 1. The molecular weight excluding hydrogens is 338 g/mol. The van der Waals surface area contributed by atoms with Gasteiger partial charge in [-0.3, -0.25) is 20.2 Å². The Morgan fingerprint density at radius 2 is 2.00 bits per heavy atom. The summed E-state index contributed by atoms with van der Waals surface area (Å²) < 4.78 is 1.40. The SMILES string of the molecule is Cl.NCCn1nnnc1Sc1ccc([N+](=O)[O-])cc1[N+](=O)[O-]. The molecule has 0 atom stereocenters. The lowest BCUT2D eigenvalue weighted by Crippen LogP contribution is -2.12. The van der Waals surface area contributed by atoms with E-state index in [4.69, 9.17) is 5.73 Å². The topological polar surface area (TPSA) is 156 Å². The van der Waals surface area contributed by atoms with Crippen LogP contribution in [0.5, 0.6) is 0 Å². The van der Waals surface area contributed by atoms with Crippen LogP contribution in [0.1, 0.15) is 0 Å². The predicted molar refractivity (Wildman–Crippen MR) is 78.0 cm³/mol. The molecule has 0 radical (unpaired) electrons. The van der Waals surface area contributed by atoms with Crippen molar-refractivity contribution in [3.63, 3.8) is 0 Å². The summed E-state index contributed by atoms with van der Waals surface area (Å²) in [6.07, 6.45) is 0. The molecule has 118 valence electrons. The third-order valence-corrected chi connectivity index (χ3v) is 3.43. The number of hydrogen-bond donors (Lipinski definition) is 1. The van der Waals surface area contributed by atoms with Gasteiger partial charge in [-0.05, 0) is 28.3 Å². The molecule has 0 amide bonds. The van der Waals surface area contributed by atoms with Gasteiger partial charge >= 0.3 is 0 Å². The van der Waals surface area contributed by atoms with Crippen LogP contribution in [0.15, 0.2) is 28.3 Å². The van der Waals surface area contributed by atoms with Crippen LogP contribution in [-0.2, 0) is 6.54 Å². The van der Waals surface area contributed by atoms with E-state index in [9.17, 15) is 20.2 Å². The van der Waals surface area contributed by atoms with Gasteiger partial charge in [0.05, 0.1) is 27.4 Å². The highest BCUT2D eigenvalue weighted by Crippen LogP contribution is 2.35. The fourth-order valence-corrected chi connectivity index (χ4v) is 2.36. The molecule has 11 nitrogen and oxygen atoms in total. The van der Waals surface area contributed by atoms with Gasteiger partial charge in [0.15, 0.2) is 0 Å². The van der Waals surface area contributed by atoms with Crippen LogP contribution in [0.2, 0.25) is 0 Å². The van der Waals surface area contributed by atoms with E-state index in [-0.39, 0.29) is 28.7 Å². The minimum atomic E-state index is -0.695. The lowest BCUT2D eigenvalue weighted by molar-refractivity contribution is -0.396. The summed E-state index contributed by atoms with van der Waals surface area (Å²) in [5.74, 6) is 0. The zero-order valence-corrected chi connectivity index (χ0v) is 12.5.